The second kappa shape index (κ2) is 5.75. The molecule has 4 atom stereocenters. The number of aliphatic hydroxyl groups is 1. The molecule has 0 saturated heterocycles. The van der Waals surface area contributed by atoms with Crippen LogP contribution >= 0.6 is 0 Å². The summed E-state index contributed by atoms with van der Waals surface area (Å²) < 4.78 is 0. The first-order valence-corrected chi connectivity index (χ1v) is 8.35. The Bertz CT molecular complexity index is 651. The first kappa shape index (κ1) is 16.2. The summed E-state index contributed by atoms with van der Waals surface area (Å²) >= 11 is 0. The predicted octanol–water partition coefficient (Wildman–Crippen LogP) is 2.57. The van der Waals surface area contributed by atoms with Gasteiger partial charge in [-0.3, -0.25) is 9.59 Å². The third kappa shape index (κ3) is 2.69. The second-order valence-corrected chi connectivity index (χ2v) is 7.36. The van der Waals surface area contributed by atoms with Crippen molar-refractivity contribution in [1.82, 2.24) is 0 Å². The number of benzene rings is 1. The van der Waals surface area contributed by atoms with Crippen LogP contribution in [0.25, 0.3) is 0 Å². The largest absolute Gasteiger partial charge is 0.508 e. The third-order valence-corrected chi connectivity index (χ3v) is 6.01. The molecule has 2 fully saturated rings. The third-order valence-electron chi connectivity index (χ3n) is 6.01. The molecular formula is C19H24O4. The van der Waals surface area contributed by atoms with Crippen molar-refractivity contribution in [2.75, 3.05) is 0 Å². The summed E-state index contributed by atoms with van der Waals surface area (Å²) in [5, 5.41) is 20.4. The highest BCUT2D eigenvalue weighted by molar-refractivity contribution is 5.92. The normalized spacial score (nSPS) is 32.0. The lowest BCUT2D eigenvalue weighted by molar-refractivity contribution is -0.141. The lowest BCUT2D eigenvalue weighted by Crippen LogP contribution is -2.47. The first-order valence-electron chi connectivity index (χ1n) is 8.35. The Morgan fingerprint density at radius 3 is 2.78 bits per heavy atom. The fraction of sp³-hybridized carbons (Fsp3) is 0.579. The summed E-state index contributed by atoms with van der Waals surface area (Å²) in [5.74, 6) is -0.0484. The van der Waals surface area contributed by atoms with E-state index in [2.05, 4.69) is 0 Å². The number of ketones is 2. The molecule has 0 spiro atoms. The van der Waals surface area contributed by atoms with Crippen LogP contribution in [-0.2, 0) is 16.0 Å². The Hall–Kier alpha value is -1.68. The van der Waals surface area contributed by atoms with Crippen LogP contribution in [0.2, 0.25) is 0 Å². The van der Waals surface area contributed by atoms with E-state index in [0.717, 1.165) is 11.1 Å². The number of aryl methyl sites for hydroxylation is 1. The van der Waals surface area contributed by atoms with Crippen LogP contribution in [0.1, 0.15) is 43.7 Å². The lowest BCUT2D eigenvalue weighted by Gasteiger charge is -2.41. The number of carbonyl (C=O) groups is 2. The predicted molar refractivity (Wildman–Crippen MR) is 86.1 cm³/mol. The molecule has 0 radical (unpaired) electrons. The minimum atomic E-state index is -0.807. The van der Waals surface area contributed by atoms with Gasteiger partial charge in [-0.1, -0.05) is 13.0 Å². The molecule has 2 N–H and O–H groups in total. The van der Waals surface area contributed by atoms with E-state index in [1.165, 1.54) is 0 Å². The van der Waals surface area contributed by atoms with E-state index in [0.29, 0.717) is 32.1 Å². The van der Waals surface area contributed by atoms with Crippen LogP contribution in [0.5, 0.6) is 5.75 Å². The average Bonchev–Trinajstić information content (AvgIpc) is 2.79. The van der Waals surface area contributed by atoms with Gasteiger partial charge in [0.05, 0.1) is 6.10 Å². The molecule has 0 bridgehead atoms. The summed E-state index contributed by atoms with van der Waals surface area (Å²) in [7, 11) is 0. The maximum atomic E-state index is 12.4. The molecular weight excluding hydrogens is 292 g/mol. The van der Waals surface area contributed by atoms with E-state index < -0.39 is 17.4 Å². The molecule has 2 unspecified atom stereocenters. The van der Waals surface area contributed by atoms with Crippen molar-refractivity contribution in [3.8, 4) is 5.75 Å². The topological polar surface area (TPSA) is 74.6 Å². The SMILES string of the molecule is Cc1ccc(O)cc1CC(O)C1C(=O)CC[C@]2(C)C(=O)CC[C@@H]12. The standard InChI is InChI=1S/C19H24O4/c1-11-3-4-13(20)9-12(11)10-16(22)18-14-5-6-17(23)19(14,2)8-7-15(18)21/h3-4,9,14,16,18,20,22H,5-8,10H2,1-2H3/t14-,16?,18?,19-/m0/s1. The number of aromatic hydroxyl groups is 1. The summed E-state index contributed by atoms with van der Waals surface area (Å²) in [6.07, 6.45) is 1.73. The zero-order valence-corrected chi connectivity index (χ0v) is 13.7. The van der Waals surface area contributed by atoms with Crippen molar-refractivity contribution in [3.05, 3.63) is 29.3 Å². The average molecular weight is 316 g/mol. The maximum absolute atomic E-state index is 12.4. The fourth-order valence-electron chi connectivity index (χ4n) is 4.48. The monoisotopic (exact) mass is 316 g/mol. The Morgan fingerprint density at radius 2 is 2.04 bits per heavy atom. The van der Waals surface area contributed by atoms with Crippen molar-refractivity contribution in [3.63, 3.8) is 0 Å². The van der Waals surface area contributed by atoms with E-state index in [4.69, 9.17) is 0 Å². The minimum Gasteiger partial charge on any atom is -0.508 e. The Labute approximate surface area is 136 Å². The maximum Gasteiger partial charge on any atom is 0.139 e. The molecule has 0 aliphatic heterocycles. The van der Waals surface area contributed by atoms with Crippen LogP contribution in [0.4, 0.5) is 0 Å². The molecule has 0 aromatic heterocycles. The van der Waals surface area contributed by atoms with Crippen LogP contribution in [-0.4, -0.2) is 27.9 Å². The van der Waals surface area contributed by atoms with Crippen LogP contribution < -0.4 is 0 Å². The van der Waals surface area contributed by atoms with Crippen molar-refractivity contribution >= 4 is 11.6 Å². The highest BCUT2D eigenvalue weighted by atomic mass is 16.3. The van der Waals surface area contributed by atoms with Gasteiger partial charge >= 0.3 is 0 Å². The van der Waals surface area contributed by atoms with Crippen molar-refractivity contribution in [2.45, 2.75) is 52.1 Å². The van der Waals surface area contributed by atoms with Crippen LogP contribution in [0.3, 0.4) is 0 Å². The van der Waals surface area contributed by atoms with E-state index in [1.807, 2.05) is 19.9 Å². The Balaban J connectivity index is 1.85. The summed E-state index contributed by atoms with van der Waals surface area (Å²) in [4.78, 5) is 24.7. The molecule has 2 aliphatic carbocycles. The summed E-state index contributed by atoms with van der Waals surface area (Å²) in [5.41, 5.74) is 1.38. The van der Waals surface area contributed by atoms with Gasteiger partial charge < -0.3 is 10.2 Å². The van der Waals surface area contributed by atoms with Gasteiger partial charge in [-0.15, -0.1) is 0 Å². The zero-order valence-electron chi connectivity index (χ0n) is 13.7. The molecule has 4 heteroatoms. The van der Waals surface area contributed by atoms with Gasteiger partial charge in [0.25, 0.3) is 0 Å². The molecule has 3 rings (SSSR count). The van der Waals surface area contributed by atoms with Gasteiger partial charge in [0.1, 0.15) is 17.3 Å². The number of phenols is 1. The number of rotatable bonds is 3. The Kier molecular flexibility index (Phi) is 4.05. The molecule has 4 nitrogen and oxygen atoms in total. The van der Waals surface area contributed by atoms with E-state index in [9.17, 15) is 19.8 Å². The van der Waals surface area contributed by atoms with Gasteiger partial charge in [0.15, 0.2) is 0 Å². The highest BCUT2D eigenvalue weighted by Gasteiger charge is 2.55. The Morgan fingerprint density at radius 1 is 1.30 bits per heavy atom. The minimum absolute atomic E-state index is 0.0520. The number of Topliss-reactive ketones (excluding diaryl/α,β-unsaturated/α-hetero) is 2. The molecule has 23 heavy (non-hydrogen) atoms. The van der Waals surface area contributed by atoms with Gasteiger partial charge in [-0.25, -0.2) is 0 Å². The van der Waals surface area contributed by atoms with E-state index in [-0.39, 0.29) is 23.2 Å². The molecule has 1 aromatic carbocycles. The number of fused-ring (bicyclic) bond motifs is 1. The molecule has 2 saturated carbocycles. The fourth-order valence-corrected chi connectivity index (χ4v) is 4.48. The van der Waals surface area contributed by atoms with Crippen LogP contribution in [0, 0.1) is 24.2 Å². The van der Waals surface area contributed by atoms with Crippen LogP contribution in [0.15, 0.2) is 18.2 Å². The molecule has 2 aliphatic rings. The number of phenolic OH excluding ortho intramolecular Hbond substituents is 1. The van der Waals surface area contributed by atoms with Gasteiger partial charge in [0.2, 0.25) is 0 Å². The summed E-state index contributed by atoms with van der Waals surface area (Å²) in [6, 6.07) is 5.07. The second-order valence-electron chi connectivity index (χ2n) is 7.36. The van der Waals surface area contributed by atoms with Gasteiger partial charge in [0, 0.05) is 24.2 Å². The van der Waals surface area contributed by atoms with Crippen molar-refractivity contribution in [2.24, 2.45) is 17.3 Å². The van der Waals surface area contributed by atoms with Gasteiger partial charge in [-0.05, 0) is 55.4 Å². The van der Waals surface area contributed by atoms with E-state index in [1.54, 1.807) is 12.1 Å². The number of aliphatic hydroxyl groups excluding tert-OH is 1. The van der Waals surface area contributed by atoms with E-state index >= 15 is 0 Å². The molecule has 124 valence electrons. The summed E-state index contributed by atoms with van der Waals surface area (Å²) in [6.45, 7) is 3.88. The number of hydrogen-bond acceptors (Lipinski definition) is 4. The van der Waals surface area contributed by atoms with Crippen molar-refractivity contribution in [1.29, 1.82) is 0 Å². The first-order chi connectivity index (χ1) is 10.8. The van der Waals surface area contributed by atoms with Gasteiger partial charge in [-0.2, -0.15) is 0 Å². The molecule has 0 heterocycles. The number of hydrogen-bond donors (Lipinski definition) is 2. The molecule has 1 aromatic rings. The van der Waals surface area contributed by atoms with Crippen molar-refractivity contribution < 1.29 is 19.8 Å². The smallest absolute Gasteiger partial charge is 0.139 e. The highest BCUT2D eigenvalue weighted by Crippen LogP contribution is 2.52. The zero-order chi connectivity index (χ0) is 16.8. The lowest BCUT2D eigenvalue weighted by atomic mass is 9.61. The number of carbonyl (C=O) groups excluding carboxylic acids is 2. The quantitative estimate of drug-likeness (QED) is 0.899. The molecule has 0 amide bonds.